The minimum Gasteiger partial charge on any atom is -0.481 e. The van der Waals surface area contributed by atoms with E-state index < -0.39 is 33.7 Å². The fourth-order valence-corrected chi connectivity index (χ4v) is 1.86. The fourth-order valence-electron chi connectivity index (χ4n) is 1.70. The minimum absolute atomic E-state index is 0.261. The van der Waals surface area contributed by atoms with E-state index >= 15 is 0 Å². The van der Waals surface area contributed by atoms with E-state index in [9.17, 15) is 14.7 Å². The van der Waals surface area contributed by atoms with Gasteiger partial charge in [-0.3, -0.25) is 9.59 Å². The van der Waals surface area contributed by atoms with Crippen molar-refractivity contribution in [3.63, 3.8) is 0 Å². The van der Waals surface area contributed by atoms with Crippen LogP contribution in [0.5, 0.6) is 0 Å². The first kappa shape index (κ1) is 15.6. The number of nitrogens with one attached hydrogen (secondary N) is 1. The van der Waals surface area contributed by atoms with Gasteiger partial charge in [0.25, 0.3) is 0 Å². The quantitative estimate of drug-likeness (QED) is 0.418. The van der Waals surface area contributed by atoms with E-state index in [1.54, 1.807) is 12.2 Å². The number of carboxylic acid groups (broad SMARTS) is 1. The molecule has 0 saturated heterocycles. The number of aliphatic hydroxyl groups is 1. The van der Waals surface area contributed by atoms with E-state index in [2.05, 4.69) is 5.32 Å². The molecule has 1 aliphatic carbocycles. The number of amides is 1. The Labute approximate surface area is 119 Å². The molecule has 0 aromatic heterocycles. The van der Waals surface area contributed by atoms with Gasteiger partial charge in [-0.25, -0.2) is 0 Å². The zero-order valence-electron chi connectivity index (χ0n) is 9.15. The number of allylic oxidation sites excluding steroid dienone is 2. The zero-order chi connectivity index (χ0) is 13.9. The molecule has 3 atom stereocenters. The Morgan fingerprint density at radius 1 is 1.22 bits per heavy atom. The third-order valence-electron chi connectivity index (χ3n) is 2.68. The van der Waals surface area contributed by atoms with E-state index in [1.165, 1.54) is 0 Å². The van der Waals surface area contributed by atoms with Gasteiger partial charge in [0.15, 0.2) is 6.23 Å². The molecule has 102 valence electrons. The summed E-state index contributed by atoms with van der Waals surface area (Å²) in [7, 11) is 0. The molecule has 0 heterocycles. The monoisotopic (exact) mass is 315 g/mol. The maximum atomic E-state index is 11.8. The number of halogens is 3. The molecule has 3 N–H and O–H groups in total. The Hall–Kier alpha value is -0.490. The highest BCUT2D eigenvalue weighted by Gasteiger charge is 2.38. The first-order chi connectivity index (χ1) is 8.23. The normalized spacial score (nSPS) is 25.6. The highest BCUT2D eigenvalue weighted by atomic mass is 35.6. The Morgan fingerprint density at radius 2 is 1.72 bits per heavy atom. The van der Waals surface area contributed by atoms with Crippen molar-refractivity contribution >= 4 is 46.7 Å². The average Bonchev–Trinajstić information content (AvgIpc) is 2.27. The van der Waals surface area contributed by atoms with Gasteiger partial charge < -0.3 is 15.5 Å². The standard InChI is InChI=1S/C10H12Cl3NO4/c11-10(12,13)9(18)14-7(15)5-3-1-2-4-6(5)8(16)17/h1-2,5-6,9,18H,3-4H2,(H,14,15)(H,16,17). The van der Waals surface area contributed by atoms with E-state index in [0.717, 1.165) is 0 Å². The maximum absolute atomic E-state index is 11.8. The van der Waals surface area contributed by atoms with Crippen LogP contribution in [0.1, 0.15) is 12.8 Å². The molecule has 0 aromatic carbocycles. The van der Waals surface area contributed by atoms with Crippen molar-refractivity contribution in [3.8, 4) is 0 Å². The lowest BCUT2D eigenvalue weighted by Crippen LogP contribution is -2.48. The summed E-state index contributed by atoms with van der Waals surface area (Å²) >= 11 is 16.2. The largest absolute Gasteiger partial charge is 0.481 e. The minimum atomic E-state index is -2.06. The third-order valence-corrected chi connectivity index (χ3v) is 3.30. The van der Waals surface area contributed by atoms with Crippen LogP contribution in [0.4, 0.5) is 0 Å². The molecule has 8 heteroatoms. The SMILES string of the molecule is O=C(O)C1CC=CCC1C(=O)NC(O)C(Cl)(Cl)Cl. The highest BCUT2D eigenvalue weighted by Crippen LogP contribution is 2.30. The summed E-state index contributed by atoms with van der Waals surface area (Å²) < 4.78 is -2.06. The summed E-state index contributed by atoms with van der Waals surface area (Å²) in [6.45, 7) is 0. The molecule has 0 spiro atoms. The van der Waals surface area contributed by atoms with Crippen molar-refractivity contribution in [1.82, 2.24) is 5.32 Å². The van der Waals surface area contributed by atoms with Gasteiger partial charge in [-0.2, -0.15) is 0 Å². The molecule has 5 nitrogen and oxygen atoms in total. The molecular formula is C10H12Cl3NO4. The number of carboxylic acids is 1. The summed E-state index contributed by atoms with van der Waals surface area (Å²) in [4.78, 5) is 22.8. The summed E-state index contributed by atoms with van der Waals surface area (Å²) in [5, 5.41) is 20.5. The van der Waals surface area contributed by atoms with Crippen LogP contribution in [0.3, 0.4) is 0 Å². The van der Waals surface area contributed by atoms with Crippen molar-refractivity contribution in [3.05, 3.63) is 12.2 Å². The molecule has 0 radical (unpaired) electrons. The van der Waals surface area contributed by atoms with E-state index in [-0.39, 0.29) is 12.8 Å². The second kappa shape index (κ2) is 6.10. The number of hydrogen-bond donors (Lipinski definition) is 3. The van der Waals surface area contributed by atoms with Crippen LogP contribution < -0.4 is 5.32 Å². The fraction of sp³-hybridized carbons (Fsp3) is 0.600. The van der Waals surface area contributed by atoms with Crippen LogP contribution in [-0.2, 0) is 9.59 Å². The number of aliphatic hydroxyl groups excluding tert-OH is 1. The summed E-state index contributed by atoms with van der Waals surface area (Å²) in [6.07, 6.45) is 2.27. The van der Waals surface area contributed by atoms with Crippen LogP contribution in [0.25, 0.3) is 0 Å². The number of aliphatic carboxylic acids is 1. The third kappa shape index (κ3) is 4.02. The summed E-state index contributed by atoms with van der Waals surface area (Å²) in [5.74, 6) is -3.33. The summed E-state index contributed by atoms with van der Waals surface area (Å²) in [6, 6.07) is 0. The molecule has 1 rings (SSSR count). The van der Waals surface area contributed by atoms with Crippen LogP contribution in [0.2, 0.25) is 0 Å². The van der Waals surface area contributed by atoms with Crippen molar-refractivity contribution in [2.24, 2.45) is 11.8 Å². The Balaban J connectivity index is 2.71. The predicted molar refractivity (Wildman–Crippen MR) is 67.4 cm³/mol. The average molecular weight is 317 g/mol. The van der Waals surface area contributed by atoms with Gasteiger partial charge in [0.1, 0.15) is 0 Å². The maximum Gasteiger partial charge on any atom is 0.307 e. The van der Waals surface area contributed by atoms with Gasteiger partial charge >= 0.3 is 5.97 Å². The second-order valence-electron chi connectivity index (χ2n) is 3.95. The van der Waals surface area contributed by atoms with Crippen LogP contribution in [0.15, 0.2) is 12.2 Å². The van der Waals surface area contributed by atoms with Crippen molar-refractivity contribution in [2.75, 3.05) is 0 Å². The lowest BCUT2D eigenvalue weighted by Gasteiger charge is -2.27. The molecular weight excluding hydrogens is 304 g/mol. The predicted octanol–water partition coefficient (Wildman–Crippen LogP) is 1.46. The number of carbonyl (C=O) groups is 2. The number of alkyl halides is 3. The van der Waals surface area contributed by atoms with E-state index in [1.807, 2.05) is 0 Å². The smallest absolute Gasteiger partial charge is 0.307 e. The number of carbonyl (C=O) groups excluding carboxylic acids is 1. The molecule has 1 amide bonds. The van der Waals surface area contributed by atoms with Gasteiger partial charge in [-0.15, -0.1) is 0 Å². The highest BCUT2D eigenvalue weighted by molar-refractivity contribution is 6.68. The Bertz CT molecular complexity index is 367. The second-order valence-corrected chi connectivity index (χ2v) is 6.32. The van der Waals surface area contributed by atoms with Gasteiger partial charge in [0.2, 0.25) is 9.70 Å². The zero-order valence-corrected chi connectivity index (χ0v) is 11.4. The van der Waals surface area contributed by atoms with Crippen molar-refractivity contribution in [2.45, 2.75) is 22.9 Å². The lowest BCUT2D eigenvalue weighted by atomic mass is 9.82. The van der Waals surface area contributed by atoms with Gasteiger partial charge in [0, 0.05) is 0 Å². The number of hydrogen-bond acceptors (Lipinski definition) is 3. The number of rotatable bonds is 3. The van der Waals surface area contributed by atoms with Crippen molar-refractivity contribution < 1.29 is 19.8 Å². The Kier molecular flexibility index (Phi) is 5.28. The first-order valence-electron chi connectivity index (χ1n) is 5.16. The van der Waals surface area contributed by atoms with E-state index in [4.69, 9.17) is 39.9 Å². The first-order valence-corrected chi connectivity index (χ1v) is 6.30. The van der Waals surface area contributed by atoms with Gasteiger partial charge in [-0.05, 0) is 12.8 Å². The van der Waals surface area contributed by atoms with Crippen LogP contribution in [0, 0.1) is 11.8 Å². The summed E-state index contributed by atoms with van der Waals surface area (Å²) in [5.41, 5.74) is 0. The molecule has 0 saturated carbocycles. The van der Waals surface area contributed by atoms with E-state index in [0.29, 0.717) is 0 Å². The van der Waals surface area contributed by atoms with Gasteiger partial charge in [0.05, 0.1) is 11.8 Å². The lowest BCUT2D eigenvalue weighted by molar-refractivity contribution is -0.148. The molecule has 0 bridgehead atoms. The molecule has 3 unspecified atom stereocenters. The molecule has 0 aromatic rings. The van der Waals surface area contributed by atoms with Crippen molar-refractivity contribution in [1.29, 1.82) is 0 Å². The molecule has 1 aliphatic rings. The molecule has 0 aliphatic heterocycles. The van der Waals surface area contributed by atoms with Gasteiger partial charge in [-0.1, -0.05) is 47.0 Å². The Morgan fingerprint density at radius 3 is 2.17 bits per heavy atom. The van der Waals surface area contributed by atoms with Crippen LogP contribution in [-0.4, -0.2) is 32.1 Å². The topological polar surface area (TPSA) is 86.6 Å². The molecule has 0 fully saturated rings. The van der Waals surface area contributed by atoms with Crippen LogP contribution >= 0.6 is 34.8 Å². The molecule has 18 heavy (non-hydrogen) atoms.